The Hall–Kier alpha value is -2.49. The van der Waals surface area contributed by atoms with Crippen LogP contribution in [0, 0.1) is 0 Å². The molecule has 0 fully saturated rings. The van der Waals surface area contributed by atoms with Crippen LogP contribution in [0.5, 0.6) is 5.75 Å². The molecule has 2 aromatic rings. The van der Waals surface area contributed by atoms with Gasteiger partial charge in [-0.05, 0) is 30.3 Å². The van der Waals surface area contributed by atoms with Crippen LogP contribution >= 0.6 is 0 Å². The average Bonchev–Trinajstić information content (AvgIpc) is 2.52. The fraction of sp³-hybridized carbons (Fsp3) is 0.235. The highest BCUT2D eigenvalue weighted by molar-refractivity contribution is 5.94. The molecule has 0 bridgehead atoms. The van der Waals surface area contributed by atoms with Crippen molar-refractivity contribution in [3.63, 3.8) is 0 Å². The molecule has 4 heteroatoms. The van der Waals surface area contributed by atoms with Gasteiger partial charge < -0.3 is 15.0 Å². The van der Waals surface area contributed by atoms with E-state index in [1.807, 2.05) is 48.5 Å². The predicted molar refractivity (Wildman–Crippen MR) is 84.8 cm³/mol. The lowest BCUT2D eigenvalue weighted by Crippen LogP contribution is -2.21. The van der Waals surface area contributed by atoms with Gasteiger partial charge in [-0.25, -0.2) is 0 Å². The lowest BCUT2D eigenvalue weighted by atomic mass is 10.1. The molecule has 2 rings (SSSR count). The number of rotatable bonds is 5. The van der Waals surface area contributed by atoms with E-state index in [2.05, 4.69) is 5.32 Å². The zero-order valence-corrected chi connectivity index (χ0v) is 12.6. The van der Waals surface area contributed by atoms with Gasteiger partial charge in [-0.3, -0.25) is 4.79 Å². The fourth-order valence-corrected chi connectivity index (χ4v) is 2.04. The second kappa shape index (κ2) is 6.79. The molecule has 0 aliphatic rings. The third-order valence-corrected chi connectivity index (χ3v) is 3.21. The fourth-order valence-electron chi connectivity index (χ4n) is 2.04. The zero-order chi connectivity index (χ0) is 15.2. The van der Waals surface area contributed by atoms with Gasteiger partial charge in [-0.2, -0.15) is 0 Å². The normalized spacial score (nSPS) is 10.0. The first-order chi connectivity index (χ1) is 10.1. The number of nitrogens with zero attached hydrogens (tertiary/aromatic N) is 1. The summed E-state index contributed by atoms with van der Waals surface area (Å²) < 4.78 is 5.32. The largest absolute Gasteiger partial charge is 0.496 e. The van der Waals surface area contributed by atoms with Crippen LogP contribution in [0.2, 0.25) is 0 Å². The SMILES string of the molecule is COc1ccccc1CNc1ccc(C(=O)N(C)C)cc1. The van der Waals surface area contributed by atoms with Gasteiger partial charge in [0, 0.05) is 37.5 Å². The van der Waals surface area contributed by atoms with Crippen molar-refractivity contribution in [2.24, 2.45) is 0 Å². The number of amides is 1. The van der Waals surface area contributed by atoms with Crippen LogP contribution < -0.4 is 10.1 Å². The van der Waals surface area contributed by atoms with E-state index in [0.29, 0.717) is 12.1 Å². The second-order valence-corrected chi connectivity index (χ2v) is 4.94. The highest BCUT2D eigenvalue weighted by Crippen LogP contribution is 2.19. The molecule has 0 saturated carbocycles. The van der Waals surface area contributed by atoms with Gasteiger partial charge in [0.05, 0.1) is 7.11 Å². The van der Waals surface area contributed by atoms with Crippen LogP contribution in [-0.4, -0.2) is 32.0 Å². The number of hydrogen-bond acceptors (Lipinski definition) is 3. The first-order valence-corrected chi connectivity index (χ1v) is 6.79. The molecule has 0 saturated heterocycles. The maximum absolute atomic E-state index is 11.8. The number of ether oxygens (including phenoxy) is 1. The van der Waals surface area contributed by atoms with Crippen LogP contribution in [0.15, 0.2) is 48.5 Å². The number of benzene rings is 2. The van der Waals surface area contributed by atoms with Crippen molar-refractivity contribution in [2.75, 3.05) is 26.5 Å². The summed E-state index contributed by atoms with van der Waals surface area (Å²) in [5.41, 5.74) is 2.74. The van der Waals surface area contributed by atoms with E-state index in [0.717, 1.165) is 17.0 Å². The molecule has 21 heavy (non-hydrogen) atoms. The number of hydrogen-bond donors (Lipinski definition) is 1. The molecule has 4 nitrogen and oxygen atoms in total. The Morgan fingerprint density at radius 3 is 2.38 bits per heavy atom. The van der Waals surface area contributed by atoms with Gasteiger partial charge in [0.2, 0.25) is 0 Å². The Kier molecular flexibility index (Phi) is 4.82. The number of methoxy groups -OCH3 is 1. The molecule has 2 aromatic carbocycles. The maximum atomic E-state index is 11.8. The van der Waals surface area contributed by atoms with Gasteiger partial charge in [0.1, 0.15) is 5.75 Å². The Morgan fingerprint density at radius 1 is 1.10 bits per heavy atom. The number of carbonyl (C=O) groups is 1. The highest BCUT2D eigenvalue weighted by atomic mass is 16.5. The van der Waals surface area contributed by atoms with E-state index < -0.39 is 0 Å². The number of para-hydroxylation sites is 1. The van der Waals surface area contributed by atoms with Crippen molar-refractivity contribution in [2.45, 2.75) is 6.54 Å². The highest BCUT2D eigenvalue weighted by Gasteiger charge is 2.07. The summed E-state index contributed by atoms with van der Waals surface area (Å²) in [6, 6.07) is 15.4. The Bertz CT molecular complexity index is 606. The van der Waals surface area contributed by atoms with Gasteiger partial charge in [0.25, 0.3) is 5.91 Å². The summed E-state index contributed by atoms with van der Waals surface area (Å²) in [4.78, 5) is 13.4. The van der Waals surface area contributed by atoms with Gasteiger partial charge in [-0.15, -0.1) is 0 Å². The molecule has 0 atom stereocenters. The predicted octanol–water partition coefficient (Wildman–Crippen LogP) is 3.01. The number of nitrogens with one attached hydrogen (secondary N) is 1. The quantitative estimate of drug-likeness (QED) is 0.917. The topological polar surface area (TPSA) is 41.6 Å². The van der Waals surface area contributed by atoms with E-state index in [4.69, 9.17) is 4.74 Å². The molecule has 110 valence electrons. The molecule has 1 amide bonds. The molecular weight excluding hydrogens is 264 g/mol. The minimum atomic E-state index is 0.00581. The molecule has 0 aromatic heterocycles. The van der Waals surface area contributed by atoms with Crippen molar-refractivity contribution in [3.8, 4) is 5.75 Å². The summed E-state index contributed by atoms with van der Waals surface area (Å²) in [5.74, 6) is 0.871. The minimum Gasteiger partial charge on any atom is -0.496 e. The van der Waals surface area contributed by atoms with Gasteiger partial charge >= 0.3 is 0 Å². The number of anilines is 1. The monoisotopic (exact) mass is 284 g/mol. The van der Waals surface area contributed by atoms with E-state index in [1.165, 1.54) is 0 Å². The van der Waals surface area contributed by atoms with Crippen molar-refractivity contribution in [1.29, 1.82) is 0 Å². The van der Waals surface area contributed by atoms with Crippen LogP contribution in [0.4, 0.5) is 5.69 Å². The van der Waals surface area contributed by atoms with Crippen LogP contribution in [0.25, 0.3) is 0 Å². The minimum absolute atomic E-state index is 0.00581. The third-order valence-electron chi connectivity index (χ3n) is 3.21. The Balaban J connectivity index is 2.02. The van der Waals surface area contributed by atoms with Crippen molar-refractivity contribution >= 4 is 11.6 Å². The molecule has 0 heterocycles. The van der Waals surface area contributed by atoms with Crippen LogP contribution in [0.1, 0.15) is 15.9 Å². The lowest BCUT2D eigenvalue weighted by molar-refractivity contribution is 0.0827. The van der Waals surface area contributed by atoms with Crippen LogP contribution in [0.3, 0.4) is 0 Å². The average molecular weight is 284 g/mol. The standard InChI is InChI=1S/C17H20N2O2/c1-19(2)17(20)13-8-10-15(11-9-13)18-12-14-6-4-5-7-16(14)21-3/h4-11,18H,12H2,1-3H3. The summed E-state index contributed by atoms with van der Waals surface area (Å²) in [7, 11) is 5.16. The molecule has 0 aliphatic heterocycles. The Labute approximate surface area is 125 Å². The molecule has 0 unspecified atom stereocenters. The molecular formula is C17H20N2O2. The molecule has 1 N–H and O–H groups in total. The van der Waals surface area contributed by atoms with Gasteiger partial charge in [-0.1, -0.05) is 18.2 Å². The van der Waals surface area contributed by atoms with E-state index in [1.54, 1.807) is 26.1 Å². The summed E-state index contributed by atoms with van der Waals surface area (Å²) in [6.07, 6.45) is 0. The second-order valence-electron chi connectivity index (χ2n) is 4.94. The number of carbonyl (C=O) groups excluding carboxylic acids is 1. The third kappa shape index (κ3) is 3.75. The smallest absolute Gasteiger partial charge is 0.253 e. The zero-order valence-electron chi connectivity index (χ0n) is 12.6. The first kappa shape index (κ1) is 14.9. The van der Waals surface area contributed by atoms with Crippen molar-refractivity contribution in [1.82, 2.24) is 4.90 Å². The summed E-state index contributed by atoms with van der Waals surface area (Å²) in [6.45, 7) is 0.672. The molecule has 0 radical (unpaired) electrons. The van der Waals surface area contributed by atoms with Crippen molar-refractivity contribution in [3.05, 3.63) is 59.7 Å². The first-order valence-electron chi connectivity index (χ1n) is 6.79. The van der Waals surface area contributed by atoms with Gasteiger partial charge in [0.15, 0.2) is 0 Å². The molecule has 0 aliphatic carbocycles. The summed E-state index contributed by atoms with van der Waals surface area (Å²) >= 11 is 0. The van der Waals surface area contributed by atoms with E-state index >= 15 is 0 Å². The lowest BCUT2D eigenvalue weighted by Gasteiger charge is -2.12. The van der Waals surface area contributed by atoms with Crippen LogP contribution in [-0.2, 0) is 6.54 Å². The summed E-state index contributed by atoms with van der Waals surface area (Å²) in [5, 5.41) is 3.33. The van der Waals surface area contributed by atoms with Crippen molar-refractivity contribution < 1.29 is 9.53 Å². The molecule has 0 spiro atoms. The van der Waals surface area contributed by atoms with E-state index in [-0.39, 0.29) is 5.91 Å². The maximum Gasteiger partial charge on any atom is 0.253 e. The Morgan fingerprint density at radius 2 is 1.76 bits per heavy atom. The van der Waals surface area contributed by atoms with E-state index in [9.17, 15) is 4.79 Å².